The summed E-state index contributed by atoms with van der Waals surface area (Å²) in [4.78, 5) is 22.4. The molecule has 32 heavy (non-hydrogen) atoms. The highest BCUT2D eigenvalue weighted by molar-refractivity contribution is 7.92. The lowest BCUT2D eigenvalue weighted by Gasteiger charge is -2.12. The average Bonchev–Trinajstić information content (AvgIpc) is 3.23. The molecule has 0 fully saturated rings. The van der Waals surface area contributed by atoms with Crippen molar-refractivity contribution in [3.8, 4) is 11.4 Å². The molecule has 0 bridgehead atoms. The Morgan fingerprint density at radius 2 is 1.84 bits per heavy atom. The molecule has 1 heterocycles. The molecule has 0 aliphatic rings. The Hall–Kier alpha value is -3.86. The van der Waals surface area contributed by atoms with Gasteiger partial charge in [-0.3, -0.25) is 4.72 Å². The Kier molecular flexibility index (Phi) is 6.79. The van der Waals surface area contributed by atoms with Crippen molar-refractivity contribution in [2.75, 3.05) is 17.9 Å². The summed E-state index contributed by atoms with van der Waals surface area (Å²) >= 11 is 0. The summed E-state index contributed by atoms with van der Waals surface area (Å²) in [6.07, 6.45) is 1.60. The Bertz CT molecular complexity index is 1230. The first-order valence-corrected chi connectivity index (χ1v) is 11.0. The molecule has 0 aliphatic carbocycles. The number of aromatic nitrogens is 2. The van der Waals surface area contributed by atoms with Gasteiger partial charge >= 0.3 is 11.9 Å². The molecular formula is C21H21N3O7S. The van der Waals surface area contributed by atoms with E-state index in [-0.39, 0.29) is 22.9 Å². The lowest BCUT2D eigenvalue weighted by atomic mass is 10.2. The summed E-state index contributed by atoms with van der Waals surface area (Å²) < 4.78 is 39.4. The number of nitrogens with zero attached hydrogens (tertiary/aromatic N) is 2. The van der Waals surface area contributed by atoms with Crippen LogP contribution in [0.4, 0.5) is 5.69 Å². The van der Waals surface area contributed by atoms with E-state index in [0.717, 1.165) is 0 Å². The van der Waals surface area contributed by atoms with Crippen LogP contribution in [0.25, 0.3) is 5.69 Å². The fraction of sp³-hybridized carbons (Fsp3) is 0.190. The number of esters is 1. The molecule has 0 saturated heterocycles. The lowest BCUT2D eigenvalue weighted by Crippen LogP contribution is -2.14. The third kappa shape index (κ3) is 5.43. The largest absolute Gasteiger partial charge is 0.482 e. The van der Waals surface area contributed by atoms with E-state index in [0.29, 0.717) is 16.9 Å². The fourth-order valence-corrected chi connectivity index (χ4v) is 3.91. The van der Waals surface area contributed by atoms with Crippen molar-refractivity contribution in [1.82, 2.24) is 9.78 Å². The Morgan fingerprint density at radius 3 is 2.47 bits per heavy atom. The normalized spacial score (nSPS) is 11.1. The number of hydrogen-bond donors (Lipinski definition) is 2. The molecule has 0 spiro atoms. The number of benzene rings is 2. The Morgan fingerprint density at radius 1 is 1.12 bits per heavy atom. The van der Waals surface area contributed by atoms with Crippen molar-refractivity contribution in [3.05, 3.63) is 66.0 Å². The summed E-state index contributed by atoms with van der Waals surface area (Å²) in [6.45, 7) is 3.06. The van der Waals surface area contributed by atoms with Crippen LogP contribution in [0.3, 0.4) is 0 Å². The molecule has 0 unspecified atom stereocenters. The van der Waals surface area contributed by atoms with E-state index >= 15 is 0 Å². The summed E-state index contributed by atoms with van der Waals surface area (Å²) in [5.41, 5.74) is 1.61. The number of aliphatic carboxylic acids is 1. The fourth-order valence-electron chi connectivity index (χ4n) is 2.77. The first kappa shape index (κ1) is 22.8. The molecule has 3 rings (SSSR count). The molecular weight excluding hydrogens is 438 g/mol. The number of nitrogens with one attached hydrogen (secondary N) is 1. The zero-order chi connectivity index (χ0) is 23.3. The molecule has 0 aliphatic heterocycles. The van der Waals surface area contributed by atoms with E-state index in [1.807, 2.05) is 0 Å². The number of sulfonamides is 1. The van der Waals surface area contributed by atoms with Gasteiger partial charge < -0.3 is 14.6 Å². The maximum atomic E-state index is 12.7. The molecule has 0 saturated carbocycles. The van der Waals surface area contributed by atoms with E-state index < -0.39 is 28.6 Å². The molecule has 3 aromatic rings. The SMILES string of the molecule is CCOC(=O)c1ccn(-c2ccc(NS(=O)(=O)c3ccc(OCC(=O)O)c(C)c3)cc2)n1. The van der Waals surface area contributed by atoms with Crippen LogP contribution in [0, 0.1) is 6.92 Å². The van der Waals surface area contributed by atoms with Crippen LogP contribution in [0.2, 0.25) is 0 Å². The molecule has 11 heteroatoms. The maximum absolute atomic E-state index is 12.7. The summed E-state index contributed by atoms with van der Waals surface area (Å²) in [5.74, 6) is -1.36. The molecule has 0 radical (unpaired) electrons. The third-order valence-electron chi connectivity index (χ3n) is 4.27. The summed E-state index contributed by atoms with van der Waals surface area (Å²) in [7, 11) is -3.88. The van der Waals surface area contributed by atoms with Crippen LogP contribution in [0.5, 0.6) is 5.75 Å². The van der Waals surface area contributed by atoms with Crippen molar-refractivity contribution in [2.24, 2.45) is 0 Å². The number of aryl methyl sites for hydroxylation is 1. The van der Waals surface area contributed by atoms with Gasteiger partial charge in [0.2, 0.25) is 0 Å². The minimum absolute atomic E-state index is 0.00732. The number of carboxylic acid groups (broad SMARTS) is 1. The number of ether oxygens (including phenoxy) is 2. The predicted octanol–water partition coefficient (Wildman–Crippen LogP) is 2.62. The number of anilines is 1. The minimum atomic E-state index is -3.88. The van der Waals surface area contributed by atoms with Gasteiger partial charge in [0.25, 0.3) is 10.0 Å². The predicted molar refractivity (Wildman–Crippen MR) is 115 cm³/mol. The van der Waals surface area contributed by atoms with Gasteiger partial charge in [0.15, 0.2) is 12.3 Å². The van der Waals surface area contributed by atoms with Gasteiger partial charge in [0, 0.05) is 11.9 Å². The van der Waals surface area contributed by atoms with Gasteiger partial charge in [-0.25, -0.2) is 22.7 Å². The lowest BCUT2D eigenvalue weighted by molar-refractivity contribution is -0.139. The van der Waals surface area contributed by atoms with Gasteiger partial charge in [-0.05, 0) is 67.9 Å². The highest BCUT2D eigenvalue weighted by Gasteiger charge is 2.17. The molecule has 0 amide bonds. The van der Waals surface area contributed by atoms with E-state index in [9.17, 15) is 18.0 Å². The Labute approximate surface area is 184 Å². The van der Waals surface area contributed by atoms with Crippen molar-refractivity contribution in [3.63, 3.8) is 0 Å². The van der Waals surface area contributed by atoms with E-state index in [1.165, 1.54) is 28.9 Å². The molecule has 168 valence electrons. The second kappa shape index (κ2) is 9.52. The van der Waals surface area contributed by atoms with Crippen molar-refractivity contribution >= 4 is 27.6 Å². The first-order chi connectivity index (χ1) is 15.2. The van der Waals surface area contributed by atoms with Gasteiger partial charge in [-0.1, -0.05) is 0 Å². The standard InChI is InChI=1S/C21H21N3O7S/c1-3-30-21(27)18-10-11-24(22-18)16-6-4-15(5-7-16)23-32(28,29)17-8-9-19(14(2)12-17)31-13-20(25)26/h4-12,23H,3,13H2,1-2H3,(H,25,26). The van der Waals surface area contributed by atoms with Gasteiger partial charge in [-0.2, -0.15) is 5.10 Å². The zero-order valence-corrected chi connectivity index (χ0v) is 18.1. The van der Waals surface area contributed by atoms with E-state index in [4.69, 9.17) is 14.6 Å². The minimum Gasteiger partial charge on any atom is -0.482 e. The maximum Gasteiger partial charge on any atom is 0.358 e. The quantitative estimate of drug-likeness (QED) is 0.466. The molecule has 2 aromatic carbocycles. The summed E-state index contributed by atoms with van der Waals surface area (Å²) in [5, 5.41) is 12.8. The molecule has 0 atom stereocenters. The summed E-state index contributed by atoms with van der Waals surface area (Å²) in [6, 6.07) is 12.1. The van der Waals surface area contributed by atoms with Crippen LogP contribution in [0.15, 0.2) is 59.6 Å². The second-order valence-corrected chi connectivity index (χ2v) is 8.31. The van der Waals surface area contributed by atoms with Crippen molar-refractivity contribution < 1.29 is 32.6 Å². The molecule has 10 nitrogen and oxygen atoms in total. The van der Waals surface area contributed by atoms with E-state index in [2.05, 4.69) is 9.82 Å². The molecule has 1 aromatic heterocycles. The highest BCUT2D eigenvalue weighted by Crippen LogP contribution is 2.24. The number of carbonyl (C=O) groups excluding carboxylic acids is 1. The van der Waals surface area contributed by atoms with Crippen LogP contribution in [-0.4, -0.2) is 48.5 Å². The number of carboxylic acids is 1. The monoisotopic (exact) mass is 459 g/mol. The number of rotatable bonds is 9. The van der Waals surface area contributed by atoms with Crippen molar-refractivity contribution in [2.45, 2.75) is 18.7 Å². The second-order valence-electron chi connectivity index (χ2n) is 6.63. The van der Waals surface area contributed by atoms with Gasteiger partial charge in [-0.15, -0.1) is 0 Å². The van der Waals surface area contributed by atoms with Gasteiger partial charge in [0.05, 0.1) is 17.2 Å². The van der Waals surface area contributed by atoms with Crippen LogP contribution in [0.1, 0.15) is 23.0 Å². The first-order valence-electron chi connectivity index (χ1n) is 9.51. The van der Waals surface area contributed by atoms with Crippen LogP contribution < -0.4 is 9.46 Å². The zero-order valence-electron chi connectivity index (χ0n) is 17.3. The molecule has 2 N–H and O–H groups in total. The van der Waals surface area contributed by atoms with Crippen molar-refractivity contribution in [1.29, 1.82) is 0 Å². The van der Waals surface area contributed by atoms with Crippen LogP contribution in [-0.2, 0) is 19.6 Å². The number of carbonyl (C=O) groups is 2. The third-order valence-corrected chi connectivity index (χ3v) is 5.64. The van der Waals surface area contributed by atoms with Gasteiger partial charge in [0.1, 0.15) is 5.75 Å². The Balaban J connectivity index is 1.72. The van der Waals surface area contributed by atoms with Crippen LogP contribution >= 0.6 is 0 Å². The highest BCUT2D eigenvalue weighted by atomic mass is 32.2. The smallest absolute Gasteiger partial charge is 0.358 e. The van der Waals surface area contributed by atoms with E-state index in [1.54, 1.807) is 44.3 Å². The number of hydrogen-bond acceptors (Lipinski definition) is 7. The average molecular weight is 459 g/mol. The topological polar surface area (TPSA) is 137 Å².